The average molecular weight is 580 g/mol. The third-order valence-electron chi connectivity index (χ3n) is 9.85. The van der Waals surface area contributed by atoms with Crippen molar-refractivity contribution in [2.45, 2.75) is 44.8 Å². The van der Waals surface area contributed by atoms with E-state index < -0.39 is 11.8 Å². The van der Waals surface area contributed by atoms with Crippen molar-refractivity contribution in [2.24, 2.45) is 34.7 Å². The third kappa shape index (κ3) is 3.61. The lowest BCUT2D eigenvalue weighted by molar-refractivity contribution is -0.125. The van der Waals surface area contributed by atoms with Gasteiger partial charge in [0.25, 0.3) is 0 Å². The maximum atomic E-state index is 14.0. The Morgan fingerprint density at radius 3 is 2.60 bits per heavy atom. The van der Waals surface area contributed by atoms with Crippen LogP contribution in [-0.4, -0.2) is 30.7 Å². The maximum absolute atomic E-state index is 14.0. The number of fused-ring (bicyclic) bond motifs is 9. The molecule has 8 rings (SSSR count). The molecule has 0 unspecified atom stereocenters. The number of hydrogen-bond donors (Lipinski definition) is 0. The molecule has 2 aromatic carbocycles. The Morgan fingerprint density at radius 2 is 1.81 bits per heavy atom. The normalized spacial score (nSPS) is 28.6. The molecule has 3 heterocycles. The minimum absolute atomic E-state index is 0.0483. The first-order valence-corrected chi connectivity index (χ1v) is 15.4. The van der Waals surface area contributed by atoms with Crippen molar-refractivity contribution in [3.63, 3.8) is 0 Å². The summed E-state index contributed by atoms with van der Waals surface area (Å²) in [5.41, 5.74) is 4.27. The number of thiophene rings is 1. The summed E-state index contributed by atoms with van der Waals surface area (Å²) >= 11 is 1.46. The molecule has 1 saturated heterocycles. The second-order valence-corrected chi connectivity index (χ2v) is 12.9. The van der Waals surface area contributed by atoms with Crippen molar-refractivity contribution in [3.05, 3.63) is 75.7 Å². The predicted molar refractivity (Wildman–Crippen MR) is 155 cm³/mol. The molecule has 3 aromatic rings. The standard InChI is InChI=1S/C33H29N3O5S/c1-39-24-13-18(11-12-23(24)40-16-17-7-3-2-4-8-17)29-28-20-14-21(30(28)41-35-29)27-26(20)31(37)36(32(27)38)33-22(15-34)19-9-5-6-10-25(19)42-33/h2-4,7-8,11-13,20-21,26-28,30H,5-6,9-10,14,16H2,1H3/t20-,21+,26+,27-,28+,30+/m1/s1. The van der Waals surface area contributed by atoms with Crippen molar-refractivity contribution in [3.8, 4) is 17.6 Å². The molecule has 2 bridgehead atoms. The summed E-state index contributed by atoms with van der Waals surface area (Å²) in [6, 6.07) is 18.0. The molecule has 5 aliphatic rings. The second kappa shape index (κ2) is 9.70. The Kier molecular flexibility index (Phi) is 5.90. The fourth-order valence-electron chi connectivity index (χ4n) is 8.07. The van der Waals surface area contributed by atoms with Gasteiger partial charge in [0.1, 0.15) is 23.8 Å². The zero-order valence-corrected chi connectivity index (χ0v) is 23.9. The monoisotopic (exact) mass is 579 g/mol. The Hall–Kier alpha value is -4.16. The number of ether oxygens (including phenoxy) is 2. The van der Waals surface area contributed by atoms with E-state index in [2.05, 4.69) is 11.2 Å². The van der Waals surface area contributed by atoms with Crippen LogP contribution >= 0.6 is 11.3 Å². The maximum Gasteiger partial charge on any atom is 0.238 e. The summed E-state index contributed by atoms with van der Waals surface area (Å²) in [6.07, 6.45) is 4.36. The molecule has 9 heteroatoms. The molecule has 3 fully saturated rings. The SMILES string of the molecule is COc1cc(C2=NO[C@H]3[C@H]4C[C@@H]([C@@H]23)[C@@H]2C(=O)N(c3sc5c(c3C#N)CCCC5)C(=O)[C@H]42)ccc1OCc1ccccc1. The van der Waals surface area contributed by atoms with Gasteiger partial charge in [0, 0.05) is 22.3 Å². The van der Waals surface area contributed by atoms with Crippen molar-refractivity contribution in [2.75, 3.05) is 12.0 Å². The Balaban J connectivity index is 1.07. The van der Waals surface area contributed by atoms with Gasteiger partial charge in [-0.25, -0.2) is 4.90 Å². The molecule has 1 aromatic heterocycles. The van der Waals surface area contributed by atoms with Crippen LogP contribution in [0.15, 0.2) is 53.7 Å². The highest BCUT2D eigenvalue weighted by Crippen LogP contribution is 2.62. The minimum Gasteiger partial charge on any atom is -0.493 e. The first kappa shape index (κ1) is 25.5. The van der Waals surface area contributed by atoms with E-state index in [4.69, 9.17) is 14.3 Å². The van der Waals surface area contributed by atoms with Crippen LogP contribution in [0.4, 0.5) is 5.00 Å². The lowest BCUT2D eigenvalue weighted by Crippen LogP contribution is -2.41. The number of carbonyl (C=O) groups is 2. The zero-order chi connectivity index (χ0) is 28.5. The van der Waals surface area contributed by atoms with Crippen molar-refractivity contribution in [1.82, 2.24) is 0 Å². The first-order valence-electron chi connectivity index (χ1n) is 14.6. The number of nitrogens with zero attached hydrogens (tertiary/aromatic N) is 3. The van der Waals surface area contributed by atoms with E-state index in [1.54, 1.807) is 7.11 Å². The van der Waals surface area contributed by atoms with Gasteiger partial charge in [0.2, 0.25) is 11.8 Å². The number of hydrogen-bond acceptors (Lipinski definition) is 8. The molecule has 0 radical (unpaired) electrons. The smallest absolute Gasteiger partial charge is 0.238 e. The van der Waals surface area contributed by atoms with Crippen LogP contribution in [0.2, 0.25) is 0 Å². The summed E-state index contributed by atoms with van der Waals surface area (Å²) in [5.74, 6) is -0.169. The summed E-state index contributed by atoms with van der Waals surface area (Å²) in [5, 5.41) is 15.0. The van der Waals surface area contributed by atoms with Gasteiger partial charge in [-0.15, -0.1) is 11.3 Å². The number of rotatable bonds is 6. The summed E-state index contributed by atoms with van der Waals surface area (Å²) in [6.45, 7) is 0.422. The van der Waals surface area contributed by atoms with Gasteiger partial charge in [-0.05, 0) is 67.3 Å². The van der Waals surface area contributed by atoms with E-state index in [1.165, 1.54) is 16.2 Å². The number of anilines is 1. The average Bonchev–Trinajstić information content (AvgIpc) is 3.82. The molecule has 2 saturated carbocycles. The fraction of sp³-hybridized carbons (Fsp3) is 0.394. The van der Waals surface area contributed by atoms with Gasteiger partial charge >= 0.3 is 0 Å². The van der Waals surface area contributed by atoms with E-state index in [0.717, 1.165) is 59.4 Å². The molecular formula is C33H29N3O5S. The number of aryl methyl sites for hydroxylation is 1. The summed E-state index contributed by atoms with van der Waals surface area (Å²) in [7, 11) is 1.61. The molecule has 3 aliphatic carbocycles. The number of oxime groups is 1. The van der Waals surface area contributed by atoms with Crippen LogP contribution < -0.4 is 14.4 Å². The van der Waals surface area contributed by atoms with Crippen LogP contribution in [-0.2, 0) is 33.9 Å². The van der Waals surface area contributed by atoms with E-state index in [9.17, 15) is 14.9 Å². The van der Waals surface area contributed by atoms with Crippen LogP contribution in [0.5, 0.6) is 11.5 Å². The van der Waals surface area contributed by atoms with Crippen LogP contribution in [0.3, 0.4) is 0 Å². The first-order chi connectivity index (χ1) is 20.6. The third-order valence-corrected chi connectivity index (χ3v) is 11.1. The van der Waals surface area contributed by atoms with Crippen molar-refractivity contribution < 1.29 is 23.9 Å². The quantitative estimate of drug-likeness (QED) is 0.369. The number of benzene rings is 2. The number of carbonyl (C=O) groups excluding carboxylic acids is 2. The van der Waals surface area contributed by atoms with E-state index >= 15 is 0 Å². The molecule has 0 N–H and O–H groups in total. The summed E-state index contributed by atoms with van der Waals surface area (Å²) < 4.78 is 11.7. The molecule has 42 heavy (non-hydrogen) atoms. The van der Waals surface area contributed by atoms with E-state index in [-0.39, 0.29) is 35.7 Å². The minimum atomic E-state index is -0.424. The fourth-order valence-corrected chi connectivity index (χ4v) is 9.42. The lowest BCUT2D eigenvalue weighted by atomic mass is 9.71. The van der Waals surface area contributed by atoms with Gasteiger partial charge < -0.3 is 14.3 Å². The van der Waals surface area contributed by atoms with Crippen LogP contribution in [0, 0.1) is 40.9 Å². The van der Waals surface area contributed by atoms with Gasteiger partial charge in [0.05, 0.1) is 30.2 Å². The van der Waals surface area contributed by atoms with Crippen LogP contribution in [0.25, 0.3) is 0 Å². The van der Waals surface area contributed by atoms with Crippen molar-refractivity contribution in [1.29, 1.82) is 5.26 Å². The van der Waals surface area contributed by atoms with Crippen molar-refractivity contribution >= 4 is 33.9 Å². The number of imide groups is 1. The second-order valence-electron chi connectivity index (χ2n) is 11.8. The van der Waals surface area contributed by atoms with E-state index in [0.29, 0.717) is 28.7 Å². The largest absolute Gasteiger partial charge is 0.493 e. The predicted octanol–water partition coefficient (Wildman–Crippen LogP) is 5.26. The molecule has 6 atom stereocenters. The topological polar surface area (TPSA) is 101 Å². The molecule has 212 valence electrons. The summed E-state index contributed by atoms with van der Waals surface area (Å²) in [4.78, 5) is 36.4. The highest BCUT2D eigenvalue weighted by molar-refractivity contribution is 7.17. The lowest BCUT2D eigenvalue weighted by Gasteiger charge is -2.29. The molecule has 0 spiro atoms. The number of methoxy groups -OCH3 is 1. The van der Waals surface area contributed by atoms with Crippen LogP contribution in [0.1, 0.15) is 46.4 Å². The molecular weight excluding hydrogens is 550 g/mol. The van der Waals surface area contributed by atoms with E-state index in [1.807, 2.05) is 48.5 Å². The zero-order valence-electron chi connectivity index (χ0n) is 23.1. The number of amides is 2. The highest BCUT2D eigenvalue weighted by atomic mass is 32.1. The molecule has 2 aliphatic heterocycles. The van der Waals surface area contributed by atoms with Gasteiger partial charge in [0.15, 0.2) is 11.5 Å². The Labute approximate surface area is 247 Å². The molecule has 8 nitrogen and oxygen atoms in total. The van der Waals surface area contributed by atoms with Gasteiger partial charge in [-0.3, -0.25) is 9.59 Å². The van der Waals surface area contributed by atoms with Gasteiger partial charge in [-0.1, -0.05) is 35.5 Å². The Bertz CT molecular complexity index is 1690. The van der Waals surface area contributed by atoms with Gasteiger partial charge in [-0.2, -0.15) is 5.26 Å². The molecule has 2 amide bonds. The number of nitriles is 1. The highest BCUT2D eigenvalue weighted by Gasteiger charge is 2.70. The Morgan fingerprint density at radius 1 is 1.02 bits per heavy atom.